The van der Waals surface area contributed by atoms with Crippen LogP contribution in [0, 0.1) is 5.82 Å². The molecule has 7 heteroatoms. The smallest absolute Gasteiger partial charge is 0.269 e. The number of aromatic amines is 1. The zero-order chi connectivity index (χ0) is 13.7. The lowest BCUT2D eigenvalue weighted by Gasteiger charge is -2.03. The number of para-hydroxylation sites is 1. The first-order chi connectivity index (χ1) is 9.24. The molecule has 100 valence electrons. The van der Waals surface area contributed by atoms with Crippen LogP contribution >= 0.6 is 0 Å². The maximum Gasteiger partial charge on any atom is 0.269 e. The second kappa shape index (κ2) is 5.94. The number of aromatic nitrogens is 2. The first-order valence-electron chi connectivity index (χ1n) is 5.82. The van der Waals surface area contributed by atoms with E-state index in [2.05, 4.69) is 20.8 Å². The summed E-state index contributed by atoms with van der Waals surface area (Å²) in [6.07, 6.45) is 1.22. The Hall–Kier alpha value is -2.44. The van der Waals surface area contributed by atoms with Crippen molar-refractivity contribution in [2.45, 2.75) is 6.42 Å². The Morgan fingerprint density at radius 1 is 1.42 bits per heavy atom. The minimum atomic E-state index is -0.469. The number of carbonyl (C=O) groups excluding carboxylic acids is 2. The Morgan fingerprint density at radius 3 is 3.05 bits per heavy atom. The summed E-state index contributed by atoms with van der Waals surface area (Å²) in [7, 11) is 0. The lowest BCUT2D eigenvalue weighted by Crippen LogP contribution is -2.27. The van der Waals surface area contributed by atoms with Gasteiger partial charge in [0.15, 0.2) is 5.82 Å². The summed E-state index contributed by atoms with van der Waals surface area (Å²) < 4.78 is 13.4. The van der Waals surface area contributed by atoms with Crippen LogP contribution in [0.4, 0.5) is 4.39 Å². The number of fused-ring (bicyclic) bond motifs is 1. The van der Waals surface area contributed by atoms with E-state index < -0.39 is 5.82 Å². The SMILES string of the molecule is O=CNCCCNC(=O)c1[nH]nc2c(F)cccc12. The minimum Gasteiger partial charge on any atom is -0.359 e. The predicted molar refractivity (Wildman–Crippen MR) is 67.1 cm³/mol. The first kappa shape index (κ1) is 13.0. The Labute approximate surface area is 108 Å². The number of hydrogen-bond acceptors (Lipinski definition) is 3. The Morgan fingerprint density at radius 2 is 2.26 bits per heavy atom. The number of nitrogens with one attached hydrogen (secondary N) is 3. The van der Waals surface area contributed by atoms with Crippen LogP contribution in [0.1, 0.15) is 16.9 Å². The number of halogens is 1. The maximum absolute atomic E-state index is 13.4. The van der Waals surface area contributed by atoms with Gasteiger partial charge in [-0.2, -0.15) is 5.10 Å². The number of rotatable bonds is 6. The van der Waals surface area contributed by atoms with Crippen molar-refractivity contribution in [3.8, 4) is 0 Å². The van der Waals surface area contributed by atoms with Gasteiger partial charge in [0.2, 0.25) is 6.41 Å². The molecule has 0 saturated heterocycles. The van der Waals surface area contributed by atoms with E-state index in [9.17, 15) is 14.0 Å². The average molecular weight is 264 g/mol. The standard InChI is InChI=1S/C12H13FN4O2/c13-9-4-1-3-8-10(9)16-17-11(8)12(19)15-6-2-5-14-7-18/h1,3-4,7H,2,5-6H2,(H,14,18)(H,15,19)(H,16,17). The fourth-order valence-corrected chi connectivity index (χ4v) is 1.72. The highest BCUT2D eigenvalue weighted by Crippen LogP contribution is 2.18. The molecule has 0 saturated carbocycles. The molecule has 2 aromatic rings. The molecular weight excluding hydrogens is 251 g/mol. The fraction of sp³-hybridized carbons (Fsp3) is 0.250. The average Bonchev–Trinajstić information content (AvgIpc) is 2.84. The summed E-state index contributed by atoms with van der Waals surface area (Å²) >= 11 is 0. The lowest BCUT2D eigenvalue weighted by atomic mass is 10.2. The third-order valence-electron chi connectivity index (χ3n) is 2.63. The minimum absolute atomic E-state index is 0.148. The third-order valence-corrected chi connectivity index (χ3v) is 2.63. The molecule has 0 atom stereocenters. The van der Waals surface area contributed by atoms with Crippen LogP contribution in [0.3, 0.4) is 0 Å². The predicted octanol–water partition coefficient (Wildman–Crippen LogP) is 0.568. The van der Waals surface area contributed by atoms with E-state index in [1.165, 1.54) is 12.1 Å². The van der Waals surface area contributed by atoms with Gasteiger partial charge in [-0.25, -0.2) is 4.39 Å². The lowest BCUT2D eigenvalue weighted by molar-refractivity contribution is -0.109. The van der Waals surface area contributed by atoms with E-state index in [0.29, 0.717) is 31.3 Å². The molecule has 0 spiro atoms. The highest BCUT2D eigenvalue weighted by atomic mass is 19.1. The van der Waals surface area contributed by atoms with E-state index in [-0.39, 0.29) is 17.1 Å². The van der Waals surface area contributed by atoms with Crippen molar-refractivity contribution >= 4 is 23.2 Å². The molecule has 0 radical (unpaired) electrons. The van der Waals surface area contributed by atoms with Crippen molar-refractivity contribution in [2.75, 3.05) is 13.1 Å². The van der Waals surface area contributed by atoms with Gasteiger partial charge in [-0.15, -0.1) is 0 Å². The zero-order valence-corrected chi connectivity index (χ0v) is 10.1. The Bertz CT molecular complexity index is 596. The number of hydrogen-bond donors (Lipinski definition) is 3. The number of benzene rings is 1. The van der Waals surface area contributed by atoms with Crippen LogP contribution < -0.4 is 10.6 Å². The van der Waals surface area contributed by atoms with Gasteiger partial charge in [0.05, 0.1) is 0 Å². The molecule has 1 aromatic carbocycles. The van der Waals surface area contributed by atoms with Crippen LogP contribution in [0.2, 0.25) is 0 Å². The largest absolute Gasteiger partial charge is 0.359 e. The molecular formula is C12H13FN4O2. The molecule has 0 fully saturated rings. The van der Waals surface area contributed by atoms with E-state index in [1.807, 2.05) is 0 Å². The van der Waals surface area contributed by atoms with Gasteiger partial charge in [-0.3, -0.25) is 14.7 Å². The van der Waals surface area contributed by atoms with E-state index in [4.69, 9.17) is 0 Å². The highest BCUT2D eigenvalue weighted by Gasteiger charge is 2.14. The number of amides is 2. The van der Waals surface area contributed by atoms with Crippen LogP contribution in [0.5, 0.6) is 0 Å². The summed E-state index contributed by atoms with van der Waals surface area (Å²) in [5.41, 5.74) is 0.383. The van der Waals surface area contributed by atoms with Gasteiger partial charge in [0.25, 0.3) is 5.91 Å². The number of H-pyrrole nitrogens is 1. The van der Waals surface area contributed by atoms with Crippen molar-refractivity contribution in [2.24, 2.45) is 0 Å². The maximum atomic E-state index is 13.4. The summed E-state index contributed by atoms with van der Waals surface area (Å²) in [6.45, 7) is 0.900. The molecule has 6 nitrogen and oxygen atoms in total. The zero-order valence-electron chi connectivity index (χ0n) is 10.1. The van der Waals surface area contributed by atoms with Crippen molar-refractivity contribution < 1.29 is 14.0 Å². The summed E-state index contributed by atoms with van der Waals surface area (Å²) in [5, 5.41) is 11.9. The van der Waals surface area contributed by atoms with Crippen LogP contribution in [0.15, 0.2) is 18.2 Å². The summed E-state index contributed by atoms with van der Waals surface area (Å²) in [4.78, 5) is 21.9. The second-order valence-corrected chi connectivity index (χ2v) is 3.92. The van der Waals surface area contributed by atoms with Crippen molar-refractivity contribution in [3.63, 3.8) is 0 Å². The van der Waals surface area contributed by atoms with Gasteiger partial charge < -0.3 is 10.6 Å². The molecule has 0 unspecified atom stereocenters. The van der Waals surface area contributed by atoms with Gasteiger partial charge in [-0.05, 0) is 12.5 Å². The normalized spacial score (nSPS) is 10.4. The summed E-state index contributed by atoms with van der Waals surface area (Å²) in [6, 6.07) is 4.44. The first-order valence-corrected chi connectivity index (χ1v) is 5.82. The second-order valence-electron chi connectivity index (χ2n) is 3.92. The molecule has 0 aliphatic heterocycles. The molecule has 1 heterocycles. The van der Waals surface area contributed by atoms with Crippen LogP contribution in [-0.2, 0) is 4.79 Å². The van der Waals surface area contributed by atoms with E-state index in [0.717, 1.165) is 0 Å². The van der Waals surface area contributed by atoms with Crippen molar-refractivity contribution in [3.05, 3.63) is 29.7 Å². The third kappa shape index (κ3) is 2.87. The summed E-state index contributed by atoms with van der Waals surface area (Å²) in [5.74, 6) is -0.817. The number of carbonyl (C=O) groups is 2. The fourth-order valence-electron chi connectivity index (χ4n) is 1.72. The van der Waals surface area contributed by atoms with E-state index in [1.54, 1.807) is 6.07 Å². The quantitative estimate of drug-likeness (QED) is 0.526. The van der Waals surface area contributed by atoms with Gasteiger partial charge in [0, 0.05) is 18.5 Å². The van der Waals surface area contributed by atoms with Crippen molar-refractivity contribution in [1.82, 2.24) is 20.8 Å². The molecule has 0 aliphatic rings. The van der Waals surface area contributed by atoms with Gasteiger partial charge in [-0.1, -0.05) is 12.1 Å². The Kier molecular flexibility index (Phi) is 4.07. The van der Waals surface area contributed by atoms with Crippen LogP contribution in [-0.4, -0.2) is 35.6 Å². The molecule has 2 amide bonds. The topological polar surface area (TPSA) is 86.9 Å². The molecule has 2 rings (SSSR count). The van der Waals surface area contributed by atoms with E-state index >= 15 is 0 Å². The highest BCUT2D eigenvalue weighted by molar-refractivity contribution is 6.04. The Balaban J connectivity index is 2.01. The monoisotopic (exact) mass is 264 g/mol. The van der Waals surface area contributed by atoms with Gasteiger partial charge in [0.1, 0.15) is 11.2 Å². The molecule has 1 aromatic heterocycles. The molecule has 3 N–H and O–H groups in total. The van der Waals surface area contributed by atoms with Gasteiger partial charge >= 0.3 is 0 Å². The molecule has 0 aliphatic carbocycles. The van der Waals surface area contributed by atoms with Crippen LogP contribution in [0.25, 0.3) is 10.9 Å². The van der Waals surface area contributed by atoms with Crippen molar-refractivity contribution in [1.29, 1.82) is 0 Å². The molecule has 19 heavy (non-hydrogen) atoms. The number of nitrogens with zero attached hydrogens (tertiary/aromatic N) is 1. The molecule has 0 bridgehead atoms.